The Kier molecular flexibility index (Phi) is 71.9. The van der Waals surface area contributed by atoms with E-state index in [1.54, 1.807) is 6.08 Å². The van der Waals surface area contributed by atoms with Crippen molar-refractivity contribution in [3.05, 3.63) is 36.5 Å². The summed E-state index contributed by atoms with van der Waals surface area (Å²) in [6, 6.07) is -0.625. The highest BCUT2D eigenvalue weighted by atomic mass is 16.5. The molecule has 0 aliphatic rings. The Labute approximate surface area is 525 Å². The number of ether oxygens (including phenoxy) is 1. The van der Waals surface area contributed by atoms with E-state index in [9.17, 15) is 19.8 Å². The topological polar surface area (TPSA) is 95.9 Å². The van der Waals surface area contributed by atoms with Crippen molar-refractivity contribution >= 4 is 11.9 Å². The normalized spacial score (nSPS) is 12.7. The van der Waals surface area contributed by atoms with Crippen molar-refractivity contribution in [3.8, 4) is 0 Å². The van der Waals surface area contributed by atoms with E-state index in [4.69, 9.17) is 4.74 Å². The van der Waals surface area contributed by atoms with Gasteiger partial charge in [0.1, 0.15) is 0 Å². The summed E-state index contributed by atoms with van der Waals surface area (Å²) in [5.74, 6) is -0.0432. The Bertz CT molecular complexity index is 1360. The minimum atomic E-state index is -0.842. The molecular weight excluding hydrogens is 1030 g/mol. The van der Waals surface area contributed by atoms with E-state index in [0.29, 0.717) is 19.4 Å². The van der Waals surface area contributed by atoms with E-state index in [-0.39, 0.29) is 18.5 Å². The molecule has 0 saturated carbocycles. The first-order chi connectivity index (χ1) is 41.5. The predicted molar refractivity (Wildman–Crippen MR) is 370 cm³/mol. The summed E-state index contributed by atoms with van der Waals surface area (Å²) in [6.07, 6.45) is 95.4. The van der Waals surface area contributed by atoms with Gasteiger partial charge in [0.15, 0.2) is 0 Å². The number of esters is 1. The van der Waals surface area contributed by atoms with Crippen LogP contribution in [0.3, 0.4) is 0 Å². The van der Waals surface area contributed by atoms with Gasteiger partial charge in [-0.15, -0.1) is 0 Å². The minimum Gasteiger partial charge on any atom is -0.466 e. The van der Waals surface area contributed by atoms with E-state index < -0.39 is 12.1 Å². The van der Waals surface area contributed by atoms with E-state index in [1.165, 1.54) is 347 Å². The standard InChI is InChI=1S/C78H149NO5/c1-3-5-7-9-11-13-15-17-19-21-35-40-44-48-52-56-60-64-68-72-78(83)84-73-69-65-61-57-53-49-45-41-37-34-32-30-28-26-24-22-23-25-27-29-31-33-36-39-43-47-51-55-59-63-67-71-77(82)79-75(74-80)76(81)70-66-62-58-54-50-46-42-38-20-18-16-14-12-10-8-6-4-2/h11,13,17,19,66,70,75-76,80-81H,3-10,12,14-16,18,20-65,67-69,71-74H2,1-2H3,(H,79,82)/b13-11-,19-17-,70-66+. The zero-order valence-corrected chi connectivity index (χ0v) is 56.9. The smallest absolute Gasteiger partial charge is 0.305 e. The number of unbranched alkanes of at least 4 members (excludes halogenated alkanes) is 57. The average Bonchev–Trinajstić information content (AvgIpc) is 3.51. The molecule has 496 valence electrons. The number of amides is 1. The summed E-state index contributed by atoms with van der Waals surface area (Å²) in [6.45, 7) is 4.92. The first-order valence-electron chi connectivity index (χ1n) is 38.3. The summed E-state index contributed by atoms with van der Waals surface area (Å²) < 4.78 is 5.51. The molecule has 0 spiro atoms. The number of aliphatic hydroxyl groups excluding tert-OH is 2. The second kappa shape index (κ2) is 73.5. The van der Waals surface area contributed by atoms with Gasteiger partial charge < -0.3 is 20.3 Å². The van der Waals surface area contributed by atoms with Gasteiger partial charge in [0, 0.05) is 12.8 Å². The van der Waals surface area contributed by atoms with Crippen molar-refractivity contribution in [1.29, 1.82) is 0 Å². The zero-order chi connectivity index (χ0) is 60.6. The van der Waals surface area contributed by atoms with E-state index in [2.05, 4.69) is 43.5 Å². The maximum atomic E-state index is 12.5. The second-order valence-electron chi connectivity index (χ2n) is 26.3. The summed E-state index contributed by atoms with van der Waals surface area (Å²) in [5, 5.41) is 23.2. The molecule has 6 nitrogen and oxygen atoms in total. The molecule has 0 aromatic rings. The number of aliphatic hydroxyl groups is 2. The van der Waals surface area contributed by atoms with Crippen molar-refractivity contribution in [2.24, 2.45) is 0 Å². The van der Waals surface area contributed by atoms with Gasteiger partial charge in [-0.05, 0) is 64.2 Å². The lowest BCUT2D eigenvalue weighted by atomic mass is 10.0. The van der Waals surface area contributed by atoms with Crippen LogP contribution in [0, 0.1) is 0 Å². The van der Waals surface area contributed by atoms with Gasteiger partial charge in [-0.25, -0.2) is 0 Å². The van der Waals surface area contributed by atoms with E-state index >= 15 is 0 Å². The fourth-order valence-electron chi connectivity index (χ4n) is 12.1. The lowest BCUT2D eigenvalue weighted by molar-refractivity contribution is -0.143. The fraction of sp³-hybridized carbons (Fsp3) is 0.897. The highest BCUT2D eigenvalue weighted by Gasteiger charge is 2.18. The molecule has 0 heterocycles. The molecule has 0 rings (SSSR count). The van der Waals surface area contributed by atoms with Crippen LogP contribution in [0.1, 0.15) is 425 Å². The molecule has 0 aromatic carbocycles. The third kappa shape index (κ3) is 69.2. The van der Waals surface area contributed by atoms with Crippen LogP contribution in [0.25, 0.3) is 0 Å². The molecule has 3 N–H and O–H groups in total. The zero-order valence-electron chi connectivity index (χ0n) is 56.9. The van der Waals surface area contributed by atoms with Gasteiger partial charge in [-0.1, -0.05) is 384 Å². The number of hydrogen-bond donors (Lipinski definition) is 3. The molecule has 0 fully saturated rings. The summed E-state index contributed by atoms with van der Waals surface area (Å²) in [7, 11) is 0. The number of nitrogens with one attached hydrogen (secondary N) is 1. The number of rotatable bonds is 72. The molecule has 2 atom stereocenters. The van der Waals surface area contributed by atoms with Gasteiger partial charge >= 0.3 is 5.97 Å². The monoisotopic (exact) mass is 1180 g/mol. The van der Waals surface area contributed by atoms with E-state index in [0.717, 1.165) is 51.4 Å². The largest absolute Gasteiger partial charge is 0.466 e. The molecule has 6 heteroatoms. The van der Waals surface area contributed by atoms with Crippen LogP contribution in [-0.4, -0.2) is 47.4 Å². The second-order valence-corrected chi connectivity index (χ2v) is 26.3. The van der Waals surface area contributed by atoms with Crippen LogP contribution in [-0.2, 0) is 14.3 Å². The SMILES string of the molecule is CCCCC/C=C\C/C=C\CCCCCCCCCCCC(=O)OCCCCCCCCCCCCCCCCCCCCCCCCCCCCCCCCCC(=O)NC(CO)C(O)/C=C/CCCCCCCCCCCCCCCCC. The van der Waals surface area contributed by atoms with Gasteiger partial charge in [-0.2, -0.15) is 0 Å². The van der Waals surface area contributed by atoms with Gasteiger partial charge in [-0.3, -0.25) is 9.59 Å². The number of allylic oxidation sites excluding steroid dienone is 5. The number of carbonyl (C=O) groups is 2. The van der Waals surface area contributed by atoms with Crippen LogP contribution in [0.15, 0.2) is 36.5 Å². The van der Waals surface area contributed by atoms with Crippen LogP contribution in [0.5, 0.6) is 0 Å². The molecule has 0 saturated heterocycles. The predicted octanol–water partition coefficient (Wildman–Crippen LogP) is 25.0. The molecular formula is C78H149NO5. The Morgan fingerprint density at radius 2 is 0.595 bits per heavy atom. The lowest BCUT2D eigenvalue weighted by Crippen LogP contribution is -2.45. The fourth-order valence-corrected chi connectivity index (χ4v) is 12.1. The quantitative estimate of drug-likeness (QED) is 0.0320. The number of carbonyl (C=O) groups excluding carboxylic acids is 2. The average molecular weight is 1180 g/mol. The summed E-state index contributed by atoms with van der Waals surface area (Å²) in [5.41, 5.74) is 0. The highest BCUT2D eigenvalue weighted by Crippen LogP contribution is 2.19. The van der Waals surface area contributed by atoms with Gasteiger partial charge in [0.25, 0.3) is 0 Å². The van der Waals surface area contributed by atoms with E-state index in [1.807, 2.05) is 6.08 Å². The first kappa shape index (κ1) is 82.1. The van der Waals surface area contributed by atoms with Crippen molar-refractivity contribution in [2.75, 3.05) is 13.2 Å². The Morgan fingerprint density at radius 1 is 0.333 bits per heavy atom. The molecule has 1 amide bonds. The Hall–Kier alpha value is -1.92. The van der Waals surface area contributed by atoms with Crippen LogP contribution < -0.4 is 5.32 Å². The van der Waals surface area contributed by atoms with Crippen LogP contribution in [0.4, 0.5) is 0 Å². The summed E-state index contributed by atoms with van der Waals surface area (Å²) in [4.78, 5) is 24.6. The lowest BCUT2D eigenvalue weighted by Gasteiger charge is -2.20. The van der Waals surface area contributed by atoms with Crippen molar-refractivity contribution in [1.82, 2.24) is 5.32 Å². The molecule has 0 radical (unpaired) electrons. The molecule has 0 aliphatic heterocycles. The third-order valence-electron chi connectivity index (χ3n) is 17.9. The van der Waals surface area contributed by atoms with Crippen molar-refractivity contribution in [2.45, 2.75) is 437 Å². The van der Waals surface area contributed by atoms with Gasteiger partial charge in [0.05, 0.1) is 25.4 Å². The Balaban J connectivity index is 3.33. The van der Waals surface area contributed by atoms with Crippen molar-refractivity contribution in [3.63, 3.8) is 0 Å². The maximum Gasteiger partial charge on any atom is 0.305 e. The minimum absolute atomic E-state index is 0.0172. The maximum absolute atomic E-state index is 12.5. The molecule has 2 unspecified atom stereocenters. The van der Waals surface area contributed by atoms with Gasteiger partial charge in [0.2, 0.25) is 5.91 Å². The number of hydrogen-bond acceptors (Lipinski definition) is 5. The molecule has 0 aromatic heterocycles. The van der Waals surface area contributed by atoms with Crippen LogP contribution >= 0.6 is 0 Å². The third-order valence-corrected chi connectivity index (χ3v) is 17.9. The van der Waals surface area contributed by atoms with Crippen LogP contribution in [0.2, 0.25) is 0 Å². The summed E-state index contributed by atoms with van der Waals surface area (Å²) >= 11 is 0. The molecule has 84 heavy (non-hydrogen) atoms. The van der Waals surface area contributed by atoms with Crippen molar-refractivity contribution < 1.29 is 24.5 Å². The Morgan fingerprint density at radius 3 is 0.929 bits per heavy atom. The molecule has 0 bridgehead atoms. The first-order valence-corrected chi connectivity index (χ1v) is 38.3. The highest BCUT2D eigenvalue weighted by molar-refractivity contribution is 5.76. The molecule has 0 aliphatic carbocycles.